The van der Waals surface area contributed by atoms with Gasteiger partial charge in [-0.25, -0.2) is 0 Å². The highest BCUT2D eigenvalue weighted by atomic mass is 16.5. The van der Waals surface area contributed by atoms with Crippen molar-refractivity contribution in [3.8, 4) is 11.8 Å². The Labute approximate surface area is 180 Å². The van der Waals surface area contributed by atoms with Crippen LogP contribution in [-0.4, -0.2) is 46.6 Å². The van der Waals surface area contributed by atoms with Gasteiger partial charge in [0.05, 0.1) is 11.6 Å². The third-order valence-corrected chi connectivity index (χ3v) is 4.91. The maximum Gasteiger partial charge on any atom is 0.323 e. The van der Waals surface area contributed by atoms with E-state index < -0.39 is 5.97 Å². The van der Waals surface area contributed by atoms with E-state index in [4.69, 9.17) is 20.8 Å². The minimum atomic E-state index is -1.06. The molecule has 1 aromatic heterocycles. The van der Waals surface area contributed by atoms with Gasteiger partial charge < -0.3 is 25.0 Å². The highest BCUT2D eigenvalue weighted by molar-refractivity contribution is 5.88. The first-order chi connectivity index (χ1) is 14.9. The predicted octanol–water partition coefficient (Wildman–Crippen LogP) is 2.14. The summed E-state index contributed by atoms with van der Waals surface area (Å²) in [4.78, 5) is 24.5. The van der Waals surface area contributed by atoms with E-state index >= 15 is 0 Å². The first-order valence-corrected chi connectivity index (χ1v) is 9.80. The topological polar surface area (TPSA) is 122 Å². The fourth-order valence-electron chi connectivity index (χ4n) is 3.38. The average Bonchev–Trinajstić information content (AvgIpc) is 3.08. The van der Waals surface area contributed by atoms with Gasteiger partial charge in [0.25, 0.3) is 0 Å². The lowest BCUT2D eigenvalue weighted by Crippen LogP contribution is -2.34. The fraction of sp³-hybridized carbons (Fsp3) is 0.261. The molecule has 0 fully saturated rings. The molecule has 3 aromatic rings. The number of nitriles is 1. The number of rotatable bonds is 9. The number of aliphatic carboxylic acids is 1. The fourth-order valence-corrected chi connectivity index (χ4v) is 3.38. The molecule has 0 saturated heterocycles. The number of benzene rings is 2. The van der Waals surface area contributed by atoms with E-state index in [9.17, 15) is 9.59 Å². The molecule has 2 aromatic carbocycles. The van der Waals surface area contributed by atoms with Crippen LogP contribution in [0.5, 0.6) is 5.75 Å². The van der Waals surface area contributed by atoms with Crippen LogP contribution < -0.4 is 10.5 Å². The summed E-state index contributed by atoms with van der Waals surface area (Å²) in [6.45, 7) is 0.467. The Hall–Kier alpha value is -3.83. The number of nitrogens with two attached hydrogens (primary N) is 1. The Bertz CT molecular complexity index is 1150. The van der Waals surface area contributed by atoms with Gasteiger partial charge in [0.1, 0.15) is 25.4 Å². The van der Waals surface area contributed by atoms with Crippen molar-refractivity contribution in [2.45, 2.75) is 19.6 Å². The van der Waals surface area contributed by atoms with E-state index in [1.807, 2.05) is 36.5 Å². The molecule has 3 rings (SSSR count). The zero-order valence-electron chi connectivity index (χ0n) is 17.2. The number of aromatic nitrogens is 1. The standard InChI is InChI=1S/C23H24N4O4/c1-26(14-23(29)30)22(28)13-27-12-18(7-8-24)20-10-19(5-6-21(20)27)31-15-17-4-2-3-16(9-17)11-25/h2-6,9-10,12H,7-8,13-15,24H2,1H3,(H,29,30). The minimum absolute atomic E-state index is 0.0337. The third-order valence-electron chi connectivity index (χ3n) is 4.91. The smallest absolute Gasteiger partial charge is 0.323 e. The first kappa shape index (κ1) is 21.9. The van der Waals surface area contributed by atoms with Crippen LogP contribution >= 0.6 is 0 Å². The molecule has 8 heteroatoms. The lowest BCUT2D eigenvalue weighted by Gasteiger charge is -2.15. The van der Waals surface area contributed by atoms with Crippen molar-refractivity contribution in [3.63, 3.8) is 0 Å². The van der Waals surface area contributed by atoms with Crippen LogP contribution in [0, 0.1) is 11.3 Å². The first-order valence-electron chi connectivity index (χ1n) is 9.80. The van der Waals surface area contributed by atoms with Crippen LogP contribution in [0.3, 0.4) is 0 Å². The van der Waals surface area contributed by atoms with Crippen molar-refractivity contribution in [3.05, 3.63) is 65.4 Å². The molecular formula is C23H24N4O4. The van der Waals surface area contributed by atoms with Gasteiger partial charge in [0, 0.05) is 24.1 Å². The number of carbonyl (C=O) groups is 2. The Balaban J connectivity index is 1.82. The zero-order chi connectivity index (χ0) is 22.4. The van der Waals surface area contributed by atoms with Crippen LogP contribution in [0.25, 0.3) is 10.9 Å². The second-order valence-corrected chi connectivity index (χ2v) is 7.24. The summed E-state index contributed by atoms with van der Waals surface area (Å²) in [7, 11) is 1.47. The number of hydrogen-bond acceptors (Lipinski definition) is 5. The summed E-state index contributed by atoms with van der Waals surface area (Å²) in [6, 6.07) is 15.0. The minimum Gasteiger partial charge on any atom is -0.489 e. The molecule has 0 bridgehead atoms. The van der Waals surface area contributed by atoms with Gasteiger partial charge in [-0.05, 0) is 54.4 Å². The van der Waals surface area contributed by atoms with Crippen LogP contribution in [-0.2, 0) is 29.2 Å². The molecule has 0 aliphatic rings. The maximum absolute atomic E-state index is 12.4. The largest absolute Gasteiger partial charge is 0.489 e. The molecule has 3 N–H and O–H groups in total. The van der Waals surface area contributed by atoms with Gasteiger partial charge in [-0.3, -0.25) is 9.59 Å². The maximum atomic E-state index is 12.4. The van der Waals surface area contributed by atoms with Gasteiger partial charge in [0.2, 0.25) is 5.91 Å². The number of hydrogen-bond donors (Lipinski definition) is 2. The number of amides is 1. The summed E-state index contributed by atoms with van der Waals surface area (Å²) in [5.74, 6) is -0.685. The number of carboxylic acids is 1. The van der Waals surface area contributed by atoms with Crippen molar-refractivity contribution in [1.29, 1.82) is 5.26 Å². The van der Waals surface area contributed by atoms with Crippen LogP contribution in [0.1, 0.15) is 16.7 Å². The van der Waals surface area contributed by atoms with Gasteiger partial charge >= 0.3 is 5.97 Å². The Morgan fingerprint density at radius 2 is 2.06 bits per heavy atom. The van der Waals surface area contributed by atoms with E-state index in [1.54, 1.807) is 16.7 Å². The molecule has 8 nitrogen and oxygen atoms in total. The molecule has 0 radical (unpaired) electrons. The third kappa shape index (κ3) is 5.41. The second-order valence-electron chi connectivity index (χ2n) is 7.24. The molecule has 1 amide bonds. The van der Waals surface area contributed by atoms with Gasteiger partial charge in [-0.15, -0.1) is 0 Å². The van der Waals surface area contributed by atoms with E-state index in [1.165, 1.54) is 11.9 Å². The Morgan fingerprint density at radius 1 is 1.26 bits per heavy atom. The molecule has 160 valence electrons. The number of fused-ring (bicyclic) bond motifs is 1. The van der Waals surface area contributed by atoms with E-state index in [-0.39, 0.29) is 19.0 Å². The normalized spacial score (nSPS) is 10.6. The number of likely N-dealkylation sites (N-methyl/N-ethyl adjacent to an activating group) is 1. The second kappa shape index (κ2) is 9.78. The molecule has 0 aliphatic carbocycles. The molecule has 0 unspecified atom stereocenters. The van der Waals surface area contributed by atoms with Crippen molar-refractivity contribution >= 4 is 22.8 Å². The van der Waals surface area contributed by atoms with Gasteiger partial charge in [-0.1, -0.05) is 12.1 Å². The average molecular weight is 420 g/mol. The highest BCUT2D eigenvalue weighted by Gasteiger charge is 2.16. The van der Waals surface area contributed by atoms with Gasteiger partial charge in [-0.2, -0.15) is 5.26 Å². The van der Waals surface area contributed by atoms with E-state index in [2.05, 4.69) is 6.07 Å². The van der Waals surface area contributed by atoms with Crippen molar-refractivity contribution < 1.29 is 19.4 Å². The summed E-state index contributed by atoms with van der Waals surface area (Å²) in [6.07, 6.45) is 2.51. The highest BCUT2D eigenvalue weighted by Crippen LogP contribution is 2.27. The Morgan fingerprint density at radius 3 is 2.77 bits per heavy atom. The monoisotopic (exact) mass is 420 g/mol. The Kier molecular flexibility index (Phi) is 6.90. The van der Waals surface area contributed by atoms with Crippen molar-refractivity contribution in [1.82, 2.24) is 9.47 Å². The van der Waals surface area contributed by atoms with Crippen LogP contribution in [0.2, 0.25) is 0 Å². The van der Waals surface area contributed by atoms with E-state index in [0.29, 0.717) is 30.9 Å². The van der Waals surface area contributed by atoms with Crippen molar-refractivity contribution in [2.24, 2.45) is 5.73 Å². The van der Waals surface area contributed by atoms with E-state index in [0.717, 1.165) is 22.0 Å². The summed E-state index contributed by atoms with van der Waals surface area (Å²) < 4.78 is 7.72. The summed E-state index contributed by atoms with van der Waals surface area (Å²) >= 11 is 0. The molecule has 1 heterocycles. The SMILES string of the molecule is CN(CC(=O)O)C(=O)Cn1cc(CCN)c2cc(OCc3cccc(C#N)c3)ccc21. The number of carboxylic acid groups (broad SMARTS) is 1. The molecule has 0 atom stereocenters. The number of carbonyl (C=O) groups excluding carboxylic acids is 1. The molecule has 31 heavy (non-hydrogen) atoms. The number of nitrogens with zero attached hydrogens (tertiary/aromatic N) is 3. The quantitative estimate of drug-likeness (QED) is 0.547. The lowest BCUT2D eigenvalue weighted by atomic mass is 10.1. The predicted molar refractivity (Wildman–Crippen MR) is 115 cm³/mol. The molecule has 0 aliphatic heterocycles. The summed E-state index contributed by atoms with van der Waals surface area (Å²) in [5.41, 5.74) is 9.07. The molecule has 0 spiro atoms. The zero-order valence-corrected chi connectivity index (χ0v) is 17.2. The molecule has 0 saturated carbocycles. The summed E-state index contributed by atoms with van der Waals surface area (Å²) in [5, 5.41) is 18.9. The van der Waals surface area contributed by atoms with Crippen LogP contribution in [0.4, 0.5) is 0 Å². The van der Waals surface area contributed by atoms with Crippen LogP contribution in [0.15, 0.2) is 48.7 Å². The lowest BCUT2D eigenvalue weighted by molar-refractivity contribution is -0.143. The molecular weight excluding hydrogens is 396 g/mol. The van der Waals surface area contributed by atoms with Gasteiger partial charge in [0.15, 0.2) is 0 Å². The number of ether oxygens (including phenoxy) is 1. The van der Waals surface area contributed by atoms with Crippen molar-refractivity contribution in [2.75, 3.05) is 20.1 Å².